The number of carboxylic acids is 1. The Kier molecular flexibility index (Phi) is 3.77. The molecule has 1 N–H and O–H groups in total. The first-order valence-electron chi connectivity index (χ1n) is 5.69. The van der Waals surface area contributed by atoms with Gasteiger partial charge in [0.05, 0.1) is 3.79 Å². The summed E-state index contributed by atoms with van der Waals surface area (Å²) >= 11 is 5.02. The van der Waals surface area contributed by atoms with Crippen LogP contribution >= 0.6 is 27.3 Å². The summed E-state index contributed by atoms with van der Waals surface area (Å²) < 4.78 is 1.07. The fourth-order valence-corrected chi connectivity index (χ4v) is 3.35. The lowest BCUT2D eigenvalue weighted by atomic mass is 10.1. The van der Waals surface area contributed by atoms with Crippen LogP contribution in [0.5, 0.6) is 0 Å². The smallest absolute Gasteiger partial charge is 0.319 e. The molecule has 0 radical (unpaired) electrons. The summed E-state index contributed by atoms with van der Waals surface area (Å²) in [7, 11) is 1.67. The minimum atomic E-state index is -1.12. The highest BCUT2D eigenvalue weighted by atomic mass is 79.9. The van der Waals surface area contributed by atoms with Crippen LogP contribution in [0.25, 0.3) is 0 Å². The van der Waals surface area contributed by atoms with E-state index < -0.39 is 11.4 Å². The topological polar surface area (TPSA) is 57.6 Å². The number of carbonyl (C=O) groups is 2. The van der Waals surface area contributed by atoms with Crippen molar-refractivity contribution in [3.8, 4) is 0 Å². The van der Waals surface area contributed by atoms with Gasteiger partial charge in [-0.05, 0) is 47.3 Å². The van der Waals surface area contributed by atoms with E-state index in [1.165, 1.54) is 9.78 Å². The lowest BCUT2D eigenvalue weighted by Gasteiger charge is -2.20. The first-order chi connectivity index (χ1) is 8.45. The first kappa shape index (κ1) is 13.5. The molecule has 0 unspecified atom stereocenters. The van der Waals surface area contributed by atoms with Crippen LogP contribution in [0.3, 0.4) is 0 Å². The van der Waals surface area contributed by atoms with Crippen LogP contribution in [-0.4, -0.2) is 35.5 Å². The van der Waals surface area contributed by atoms with Crippen molar-refractivity contribution in [2.45, 2.75) is 19.3 Å². The third-order valence-electron chi connectivity index (χ3n) is 3.24. The number of carbonyl (C=O) groups excluding carboxylic acids is 1. The second-order valence-electron chi connectivity index (χ2n) is 4.57. The van der Waals surface area contributed by atoms with Gasteiger partial charge in [-0.3, -0.25) is 9.59 Å². The molecule has 1 fully saturated rings. The van der Waals surface area contributed by atoms with E-state index in [2.05, 4.69) is 15.9 Å². The standard InChI is InChI=1S/C12H14BrNO3S/c1-14(7-4-8-2-3-9(13)18-8)10(15)12(5-6-12)11(16)17/h2-3H,4-7H2,1H3,(H,16,17). The van der Waals surface area contributed by atoms with Gasteiger partial charge in [-0.15, -0.1) is 11.3 Å². The highest BCUT2D eigenvalue weighted by Gasteiger charge is 2.58. The molecule has 1 saturated carbocycles. The van der Waals surface area contributed by atoms with E-state index in [9.17, 15) is 9.59 Å². The molecule has 18 heavy (non-hydrogen) atoms. The molecule has 1 aliphatic carbocycles. The number of rotatable bonds is 5. The van der Waals surface area contributed by atoms with Gasteiger partial charge in [-0.2, -0.15) is 0 Å². The van der Waals surface area contributed by atoms with E-state index in [0.29, 0.717) is 19.4 Å². The second kappa shape index (κ2) is 5.01. The minimum absolute atomic E-state index is 0.259. The summed E-state index contributed by atoms with van der Waals surface area (Å²) in [6.07, 6.45) is 1.69. The average Bonchev–Trinajstić information content (AvgIpc) is 3.04. The third kappa shape index (κ3) is 2.59. The first-order valence-corrected chi connectivity index (χ1v) is 7.30. The Morgan fingerprint density at radius 1 is 1.50 bits per heavy atom. The van der Waals surface area contributed by atoms with E-state index in [1.807, 2.05) is 12.1 Å². The lowest BCUT2D eigenvalue weighted by Crippen LogP contribution is -2.39. The molecule has 0 aliphatic heterocycles. The molecule has 98 valence electrons. The van der Waals surface area contributed by atoms with Crippen molar-refractivity contribution >= 4 is 39.1 Å². The predicted octanol–water partition coefficient (Wildman–Crippen LogP) is 2.38. The lowest BCUT2D eigenvalue weighted by molar-refractivity contribution is -0.152. The SMILES string of the molecule is CN(CCc1ccc(Br)s1)C(=O)C1(C(=O)O)CC1. The Labute approximate surface area is 118 Å². The monoisotopic (exact) mass is 331 g/mol. The van der Waals surface area contributed by atoms with Crippen molar-refractivity contribution in [2.24, 2.45) is 5.41 Å². The molecule has 0 atom stereocenters. The Bertz CT molecular complexity index is 481. The summed E-state index contributed by atoms with van der Waals surface area (Å²) in [5.74, 6) is -1.25. The van der Waals surface area contributed by atoms with E-state index in [-0.39, 0.29) is 5.91 Å². The molecular formula is C12H14BrNO3S. The van der Waals surface area contributed by atoms with Gasteiger partial charge < -0.3 is 10.0 Å². The average molecular weight is 332 g/mol. The molecule has 1 heterocycles. The Morgan fingerprint density at radius 3 is 2.61 bits per heavy atom. The van der Waals surface area contributed by atoms with Crippen molar-refractivity contribution in [1.82, 2.24) is 4.90 Å². The van der Waals surface area contributed by atoms with Crippen molar-refractivity contribution in [3.05, 3.63) is 20.8 Å². The van der Waals surface area contributed by atoms with Crippen LogP contribution in [-0.2, 0) is 16.0 Å². The zero-order chi connectivity index (χ0) is 13.3. The van der Waals surface area contributed by atoms with Crippen LogP contribution in [0, 0.1) is 5.41 Å². The molecule has 1 amide bonds. The van der Waals surface area contributed by atoms with Crippen molar-refractivity contribution in [2.75, 3.05) is 13.6 Å². The Morgan fingerprint density at radius 2 is 2.17 bits per heavy atom. The number of nitrogens with zero attached hydrogens (tertiary/aromatic N) is 1. The number of likely N-dealkylation sites (N-methyl/N-ethyl adjacent to an activating group) is 1. The molecule has 1 aliphatic rings. The van der Waals surface area contributed by atoms with Crippen molar-refractivity contribution < 1.29 is 14.7 Å². The number of carboxylic acid groups (broad SMARTS) is 1. The summed E-state index contributed by atoms with van der Waals surface area (Å²) in [6, 6.07) is 3.98. The van der Waals surface area contributed by atoms with E-state index in [0.717, 1.165) is 10.2 Å². The fraction of sp³-hybridized carbons (Fsp3) is 0.500. The minimum Gasteiger partial charge on any atom is -0.480 e. The number of hydrogen-bond acceptors (Lipinski definition) is 3. The number of amides is 1. The molecule has 0 spiro atoms. The number of thiophene rings is 1. The maximum Gasteiger partial charge on any atom is 0.319 e. The van der Waals surface area contributed by atoms with Gasteiger partial charge in [-0.25, -0.2) is 0 Å². The summed E-state index contributed by atoms with van der Waals surface area (Å²) in [5.41, 5.74) is -1.12. The maximum absolute atomic E-state index is 12.0. The molecule has 1 aromatic heterocycles. The molecular weight excluding hydrogens is 318 g/mol. The van der Waals surface area contributed by atoms with Gasteiger partial charge in [0.2, 0.25) is 5.91 Å². The molecule has 1 aromatic rings. The molecule has 0 saturated heterocycles. The normalized spacial score (nSPS) is 16.3. The third-order valence-corrected chi connectivity index (χ3v) is 4.92. The van der Waals surface area contributed by atoms with Gasteiger partial charge in [0.1, 0.15) is 5.41 Å². The second-order valence-corrected chi connectivity index (χ2v) is 7.12. The van der Waals surface area contributed by atoms with Gasteiger partial charge in [0.25, 0.3) is 0 Å². The largest absolute Gasteiger partial charge is 0.480 e. The summed E-state index contributed by atoms with van der Waals surface area (Å²) in [4.78, 5) is 25.8. The molecule has 6 heteroatoms. The van der Waals surface area contributed by atoms with E-state index in [1.54, 1.807) is 18.4 Å². The predicted molar refractivity (Wildman–Crippen MR) is 72.7 cm³/mol. The molecule has 0 bridgehead atoms. The van der Waals surface area contributed by atoms with Crippen LogP contribution in [0.2, 0.25) is 0 Å². The molecule has 2 rings (SSSR count). The molecule has 0 aromatic carbocycles. The fourth-order valence-electron chi connectivity index (χ4n) is 1.88. The van der Waals surface area contributed by atoms with E-state index in [4.69, 9.17) is 5.11 Å². The van der Waals surface area contributed by atoms with E-state index >= 15 is 0 Å². The number of aliphatic carboxylic acids is 1. The zero-order valence-corrected chi connectivity index (χ0v) is 12.4. The Balaban J connectivity index is 1.90. The van der Waals surface area contributed by atoms with Crippen LogP contribution in [0.4, 0.5) is 0 Å². The van der Waals surface area contributed by atoms with Gasteiger partial charge in [0, 0.05) is 18.5 Å². The number of hydrogen-bond donors (Lipinski definition) is 1. The van der Waals surface area contributed by atoms with Gasteiger partial charge in [-0.1, -0.05) is 0 Å². The van der Waals surface area contributed by atoms with Gasteiger partial charge >= 0.3 is 5.97 Å². The highest BCUT2D eigenvalue weighted by Crippen LogP contribution is 2.47. The maximum atomic E-state index is 12.0. The van der Waals surface area contributed by atoms with Crippen molar-refractivity contribution in [3.63, 3.8) is 0 Å². The number of halogens is 1. The van der Waals surface area contributed by atoms with Gasteiger partial charge in [0.15, 0.2) is 0 Å². The van der Waals surface area contributed by atoms with Crippen LogP contribution < -0.4 is 0 Å². The quantitative estimate of drug-likeness (QED) is 0.843. The summed E-state index contributed by atoms with van der Waals surface area (Å²) in [5, 5.41) is 9.06. The van der Waals surface area contributed by atoms with Crippen molar-refractivity contribution in [1.29, 1.82) is 0 Å². The molecule has 4 nitrogen and oxygen atoms in total. The Hall–Kier alpha value is -0.880. The highest BCUT2D eigenvalue weighted by molar-refractivity contribution is 9.11. The van der Waals surface area contributed by atoms with Crippen LogP contribution in [0.15, 0.2) is 15.9 Å². The van der Waals surface area contributed by atoms with Crippen LogP contribution in [0.1, 0.15) is 17.7 Å². The summed E-state index contributed by atoms with van der Waals surface area (Å²) in [6.45, 7) is 0.556. The zero-order valence-electron chi connectivity index (χ0n) is 9.98.